The van der Waals surface area contributed by atoms with Crippen molar-refractivity contribution in [1.29, 1.82) is 5.41 Å². The molecule has 0 saturated carbocycles. The maximum absolute atomic E-state index is 14.2. The highest BCUT2D eigenvalue weighted by Gasteiger charge is 2.37. The van der Waals surface area contributed by atoms with Gasteiger partial charge in [0.2, 0.25) is 6.41 Å². The third-order valence-electron chi connectivity index (χ3n) is 5.43. The number of carbonyl (C=O) groups excluding carboxylic acids is 2. The number of likely N-dealkylation sites (tertiary alicyclic amines) is 1. The van der Waals surface area contributed by atoms with Crippen LogP contribution in [0.25, 0.3) is 5.70 Å². The Hall–Kier alpha value is -3.11. The molecule has 30 heavy (non-hydrogen) atoms. The monoisotopic (exact) mass is 416 g/mol. The van der Waals surface area contributed by atoms with Gasteiger partial charge in [0.05, 0.1) is 24.2 Å². The Labute approximate surface area is 173 Å². The van der Waals surface area contributed by atoms with Crippen LogP contribution in [0.4, 0.5) is 4.39 Å². The molecule has 1 aromatic rings. The fraction of sp³-hybridized carbons (Fsp3) is 0.400. The molecule has 1 aromatic carbocycles. The van der Waals surface area contributed by atoms with Crippen LogP contribution in [0.15, 0.2) is 28.9 Å². The number of aliphatic imine (C=N–C) groups is 1. The lowest BCUT2D eigenvalue weighted by atomic mass is 9.91. The fourth-order valence-corrected chi connectivity index (χ4v) is 3.58. The maximum atomic E-state index is 14.2. The number of benzene rings is 1. The van der Waals surface area contributed by atoms with Crippen LogP contribution in [0.2, 0.25) is 0 Å². The Bertz CT molecular complexity index is 921. The van der Waals surface area contributed by atoms with Gasteiger partial charge in [0, 0.05) is 37.8 Å². The van der Waals surface area contributed by atoms with Gasteiger partial charge in [0.1, 0.15) is 17.2 Å². The minimum Gasteiger partial charge on any atom is -0.388 e. The van der Waals surface area contributed by atoms with Crippen LogP contribution in [0, 0.1) is 11.2 Å². The number of halogens is 1. The van der Waals surface area contributed by atoms with Crippen LogP contribution in [0.5, 0.6) is 0 Å². The normalized spacial score (nSPS) is 20.4. The number of amides is 2. The van der Waals surface area contributed by atoms with Crippen molar-refractivity contribution < 1.29 is 19.1 Å². The van der Waals surface area contributed by atoms with Gasteiger partial charge in [0.15, 0.2) is 0 Å². The lowest BCUT2D eigenvalue weighted by Gasteiger charge is -2.39. The van der Waals surface area contributed by atoms with E-state index in [0.29, 0.717) is 42.8 Å². The predicted octanol–water partition coefficient (Wildman–Crippen LogP) is 0.0460. The van der Waals surface area contributed by atoms with Crippen LogP contribution < -0.4 is 11.1 Å². The number of nitrogens with zero attached hydrogens (tertiary/aromatic N) is 3. The lowest BCUT2D eigenvalue weighted by Crippen LogP contribution is -2.53. The maximum Gasteiger partial charge on any atom is 0.279 e. The number of aliphatic hydroxyl groups is 1. The number of hydrogen-bond acceptors (Lipinski definition) is 7. The van der Waals surface area contributed by atoms with Crippen molar-refractivity contribution in [3.63, 3.8) is 0 Å². The smallest absolute Gasteiger partial charge is 0.279 e. The highest BCUT2D eigenvalue weighted by molar-refractivity contribution is 6.47. The topological polar surface area (TPSA) is 135 Å². The molecule has 2 heterocycles. The Morgan fingerprint density at radius 3 is 2.70 bits per heavy atom. The number of carbonyl (C=O) groups is 2. The van der Waals surface area contributed by atoms with E-state index in [1.165, 1.54) is 17.3 Å². The van der Waals surface area contributed by atoms with Crippen molar-refractivity contribution in [3.05, 3.63) is 40.8 Å². The van der Waals surface area contributed by atoms with E-state index in [-0.39, 0.29) is 24.5 Å². The van der Waals surface area contributed by atoms with Gasteiger partial charge in [-0.3, -0.25) is 19.9 Å². The molecule has 3 rings (SSSR count). The molecule has 9 nitrogen and oxygen atoms in total. The van der Waals surface area contributed by atoms with Crippen molar-refractivity contribution in [3.8, 4) is 0 Å². The summed E-state index contributed by atoms with van der Waals surface area (Å²) in [6.45, 7) is 0.838. The van der Waals surface area contributed by atoms with E-state index >= 15 is 0 Å². The summed E-state index contributed by atoms with van der Waals surface area (Å²) in [5, 5.41) is 21.9. The first-order valence-electron chi connectivity index (χ1n) is 9.58. The molecule has 0 aliphatic carbocycles. The third kappa shape index (κ3) is 4.24. The molecule has 0 unspecified atom stereocenters. The first-order chi connectivity index (χ1) is 14.3. The van der Waals surface area contributed by atoms with Crippen molar-refractivity contribution >= 4 is 30.1 Å². The highest BCUT2D eigenvalue weighted by atomic mass is 19.1. The second kappa shape index (κ2) is 8.72. The van der Waals surface area contributed by atoms with Crippen LogP contribution in [0.1, 0.15) is 24.0 Å². The minimum atomic E-state index is -1.16. The zero-order valence-electron chi connectivity index (χ0n) is 16.7. The summed E-state index contributed by atoms with van der Waals surface area (Å²) in [4.78, 5) is 30.6. The van der Waals surface area contributed by atoms with Gasteiger partial charge < -0.3 is 21.1 Å². The van der Waals surface area contributed by atoms with Crippen LogP contribution in [-0.2, 0) is 16.1 Å². The molecule has 2 aliphatic heterocycles. The van der Waals surface area contributed by atoms with Crippen molar-refractivity contribution in [2.45, 2.75) is 25.0 Å². The molecule has 0 atom stereocenters. The van der Waals surface area contributed by atoms with Crippen LogP contribution >= 0.6 is 0 Å². The minimum absolute atomic E-state index is 0.0214. The molecular weight excluding hydrogens is 391 g/mol. The molecule has 1 fully saturated rings. The Kier molecular flexibility index (Phi) is 6.28. The summed E-state index contributed by atoms with van der Waals surface area (Å²) >= 11 is 0. The first-order valence-corrected chi connectivity index (χ1v) is 9.58. The molecule has 0 radical (unpaired) electrons. The summed E-state index contributed by atoms with van der Waals surface area (Å²) in [6, 6.07) is 4.48. The van der Waals surface area contributed by atoms with E-state index in [1.54, 1.807) is 24.1 Å². The third-order valence-corrected chi connectivity index (χ3v) is 5.43. The van der Waals surface area contributed by atoms with E-state index < -0.39 is 17.3 Å². The van der Waals surface area contributed by atoms with E-state index in [1.807, 2.05) is 0 Å². The molecule has 5 N–H and O–H groups in total. The second-order valence-corrected chi connectivity index (χ2v) is 7.40. The molecule has 2 amide bonds. The van der Waals surface area contributed by atoms with E-state index in [0.717, 1.165) is 6.41 Å². The van der Waals surface area contributed by atoms with Gasteiger partial charge in [-0.2, -0.15) is 0 Å². The number of rotatable bonds is 6. The van der Waals surface area contributed by atoms with E-state index in [9.17, 15) is 19.1 Å². The SMILES string of the molecule is CN/C(=C1/N=CN(CC2(O)CCN(C=O)CC2)C(=O)C1=N)c1ccc(CN)c(F)c1. The van der Waals surface area contributed by atoms with E-state index in [2.05, 4.69) is 10.3 Å². The van der Waals surface area contributed by atoms with Crippen molar-refractivity contribution in [2.75, 3.05) is 26.7 Å². The van der Waals surface area contributed by atoms with Gasteiger partial charge in [-0.1, -0.05) is 12.1 Å². The standard InChI is InChI=1S/C20H25FN6O3/c1-24-17(13-2-3-14(9-22)15(21)8-13)18-16(23)19(29)27(11-25-18)10-20(30)4-6-26(12-28)7-5-20/h2-3,8,11-12,23-24,30H,4-7,9-10,22H2,1H3/b18-17+,23-16?. The number of piperidine rings is 1. The van der Waals surface area contributed by atoms with Gasteiger partial charge >= 0.3 is 0 Å². The Morgan fingerprint density at radius 1 is 1.43 bits per heavy atom. The second-order valence-electron chi connectivity index (χ2n) is 7.40. The van der Waals surface area contributed by atoms with Gasteiger partial charge in [-0.15, -0.1) is 0 Å². The number of nitrogens with one attached hydrogen (secondary N) is 2. The molecular formula is C20H25FN6O3. The Balaban J connectivity index is 1.85. The molecule has 160 valence electrons. The zero-order chi connectivity index (χ0) is 21.9. The van der Waals surface area contributed by atoms with Crippen LogP contribution in [-0.4, -0.2) is 71.6 Å². The molecule has 0 spiro atoms. The Morgan fingerprint density at radius 2 is 2.13 bits per heavy atom. The van der Waals surface area contributed by atoms with E-state index in [4.69, 9.17) is 11.1 Å². The molecule has 2 aliphatic rings. The molecule has 1 saturated heterocycles. The zero-order valence-corrected chi connectivity index (χ0v) is 16.7. The van der Waals surface area contributed by atoms with Gasteiger partial charge in [-0.05, 0) is 18.9 Å². The summed E-state index contributed by atoms with van der Waals surface area (Å²) in [6.07, 6.45) is 2.67. The molecule has 0 aromatic heterocycles. The number of β-amino-alcohol motifs (C(OH)–C–C–N with tert-alkyl or cyclic N) is 1. The summed E-state index contributed by atoms with van der Waals surface area (Å²) in [5.74, 6) is -1.09. The number of nitrogens with two attached hydrogens (primary N) is 1. The summed E-state index contributed by atoms with van der Waals surface area (Å²) in [7, 11) is 1.60. The summed E-state index contributed by atoms with van der Waals surface area (Å²) < 4.78 is 14.2. The average Bonchev–Trinajstić information content (AvgIpc) is 2.74. The molecule has 0 bridgehead atoms. The lowest BCUT2D eigenvalue weighted by molar-refractivity contribution is -0.128. The largest absolute Gasteiger partial charge is 0.388 e. The van der Waals surface area contributed by atoms with Crippen LogP contribution in [0.3, 0.4) is 0 Å². The average molecular weight is 416 g/mol. The first kappa shape index (κ1) is 21.6. The van der Waals surface area contributed by atoms with Crippen molar-refractivity contribution in [2.24, 2.45) is 10.7 Å². The quantitative estimate of drug-likeness (QED) is 0.486. The van der Waals surface area contributed by atoms with Gasteiger partial charge in [0.25, 0.3) is 5.91 Å². The summed E-state index contributed by atoms with van der Waals surface area (Å²) in [5.41, 5.74) is 5.19. The highest BCUT2D eigenvalue weighted by Crippen LogP contribution is 2.26. The van der Waals surface area contributed by atoms with Gasteiger partial charge in [-0.25, -0.2) is 9.38 Å². The predicted molar refractivity (Wildman–Crippen MR) is 110 cm³/mol. The fourth-order valence-electron chi connectivity index (χ4n) is 3.58. The number of hydrogen-bond donors (Lipinski definition) is 4. The molecule has 10 heteroatoms. The van der Waals surface area contributed by atoms with Crippen molar-refractivity contribution in [1.82, 2.24) is 15.1 Å².